The van der Waals surface area contributed by atoms with Crippen LogP contribution in [0.15, 0.2) is 30.6 Å². The Morgan fingerprint density at radius 3 is 2.59 bits per heavy atom. The summed E-state index contributed by atoms with van der Waals surface area (Å²) >= 11 is 5.70. The summed E-state index contributed by atoms with van der Waals surface area (Å²) in [6.07, 6.45) is -3.33. The van der Waals surface area contributed by atoms with Gasteiger partial charge in [0.05, 0.1) is 6.54 Å². The third-order valence-corrected chi connectivity index (χ3v) is 4.19. The van der Waals surface area contributed by atoms with Crippen molar-refractivity contribution in [3.05, 3.63) is 58.1 Å². The number of aromatic nitrogens is 5. The molecule has 27 heavy (non-hydrogen) atoms. The normalized spacial score (nSPS) is 11.6. The van der Waals surface area contributed by atoms with Crippen molar-refractivity contribution in [2.75, 3.05) is 5.32 Å². The molecule has 1 aromatic carbocycles. The quantitative estimate of drug-likeness (QED) is 0.731. The lowest BCUT2D eigenvalue weighted by molar-refractivity contribution is -0.143. The van der Waals surface area contributed by atoms with Gasteiger partial charge in [-0.25, -0.2) is 9.67 Å². The molecule has 0 aliphatic rings. The summed E-state index contributed by atoms with van der Waals surface area (Å²) in [7, 11) is 1.06. The molecule has 0 radical (unpaired) electrons. The lowest BCUT2D eigenvalue weighted by atomic mass is 10.1. The van der Waals surface area contributed by atoms with Gasteiger partial charge in [0.25, 0.3) is 5.91 Å². The highest BCUT2D eigenvalue weighted by Gasteiger charge is 2.40. The van der Waals surface area contributed by atoms with Crippen LogP contribution in [0.2, 0.25) is 5.02 Å². The van der Waals surface area contributed by atoms with Crippen LogP contribution in [0.25, 0.3) is 0 Å². The van der Waals surface area contributed by atoms with Gasteiger partial charge in [0.15, 0.2) is 11.4 Å². The first kappa shape index (κ1) is 18.9. The molecule has 11 heteroatoms. The second-order valence-corrected chi connectivity index (χ2v) is 6.16. The Hall–Kier alpha value is -2.88. The molecule has 3 rings (SSSR count). The number of hydrogen-bond donors (Lipinski definition) is 1. The van der Waals surface area contributed by atoms with Gasteiger partial charge >= 0.3 is 6.18 Å². The fourth-order valence-electron chi connectivity index (χ4n) is 2.50. The Bertz CT molecular complexity index is 994. The molecule has 0 atom stereocenters. The molecule has 0 unspecified atom stereocenters. The predicted octanol–water partition coefficient (Wildman–Crippen LogP) is 3.29. The second-order valence-electron chi connectivity index (χ2n) is 5.78. The molecule has 0 saturated carbocycles. The third-order valence-electron chi connectivity index (χ3n) is 3.83. The van der Waals surface area contributed by atoms with Gasteiger partial charge in [-0.3, -0.25) is 14.8 Å². The molecular formula is C16H14ClF3N6O. The van der Waals surface area contributed by atoms with Gasteiger partial charge in [-0.2, -0.15) is 18.3 Å². The number of halogens is 4. The van der Waals surface area contributed by atoms with Crippen molar-refractivity contribution >= 4 is 23.5 Å². The number of anilines is 1. The van der Waals surface area contributed by atoms with Crippen LogP contribution in [-0.4, -0.2) is 30.5 Å². The highest BCUT2D eigenvalue weighted by molar-refractivity contribution is 6.34. The number of hydrogen-bond acceptors (Lipinski definition) is 4. The van der Waals surface area contributed by atoms with Crippen LogP contribution in [0.1, 0.15) is 27.3 Å². The molecule has 1 N–H and O–H groups in total. The van der Waals surface area contributed by atoms with Crippen molar-refractivity contribution in [2.24, 2.45) is 7.05 Å². The summed E-state index contributed by atoms with van der Waals surface area (Å²) in [6.45, 7) is 2.38. The van der Waals surface area contributed by atoms with Gasteiger partial charge in [0.2, 0.25) is 5.95 Å². The second kappa shape index (κ2) is 7.03. The number of nitrogens with one attached hydrogen (secondary N) is 1. The molecule has 3 aromatic rings. The number of aryl methyl sites for hydroxylation is 2. The van der Waals surface area contributed by atoms with Crippen molar-refractivity contribution in [1.29, 1.82) is 0 Å². The van der Waals surface area contributed by atoms with Crippen LogP contribution in [0.4, 0.5) is 19.1 Å². The number of amides is 1. The van der Waals surface area contributed by atoms with Crippen molar-refractivity contribution in [3.63, 3.8) is 0 Å². The summed E-state index contributed by atoms with van der Waals surface area (Å²) in [4.78, 5) is 16.2. The molecule has 0 aliphatic carbocycles. The Balaban J connectivity index is 1.76. The van der Waals surface area contributed by atoms with E-state index in [1.165, 1.54) is 11.0 Å². The summed E-state index contributed by atoms with van der Waals surface area (Å²) < 4.78 is 40.9. The predicted molar refractivity (Wildman–Crippen MR) is 91.5 cm³/mol. The lowest BCUT2D eigenvalue weighted by Gasteiger charge is -2.06. The van der Waals surface area contributed by atoms with Crippen LogP contribution >= 0.6 is 11.6 Å². The summed E-state index contributed by atoms with van der Waals surface area (Å²) in [5.41, 5.74) is 0.329. The largest absolute Gasteiger partial charge is 0.434 e. The molecular weight excluding hydrogens is 385 g/mol. The average molecular weight is 399 g/mol. The van der Waals surface area contributed by atoms with E-state index < -0.39 is 28.5 Å². The van der Waals surface area contributed by atoms with E-state index in [-0.39, 0.29) is 5.95 Å². The van der Waals surface area contributed by atoms with Crippen LogP contribution in [-0.2, 0) is 19.8 Å². The maximum absolute atomic E-state index is 13.0. The number of alkyl halides is 3. The van der Waals surface area contributed by atoms with Crippen molar-refractivity contribution in [1.82, 2.24) is 24.5 Å². The molecule has 2 heterocycles. The number of carbonyl (C=O) groups excluding carboxylic acids is 1. The van der Waals surface area contributed by atoms with E-state index in [1.54, 1.807) is 0 Å². The standard InChI is InChI=1S/C16H14ClF3N6O/c1-9-5-3-4-6-10(9)7-26-8-21-15(24-26)22-14(27)12-11(17)13(16(18,19)20)25(2)23-12/h3-6,8H,7H2,1-2H3,(H,22,24,27). The van der Waals surface area contributed by atoms with Crippen LogP contribution in [0, 0.1) is 6.92 Å². The van der Waals surface area contributed by atoms with Crippen LogP contribution in [0.3, 0.4) is 0 Å². The Labute approximate surface area is 156 Å². The third kappa shape index (κ3) is 3.95. The minimum Gasteiger partial charge on any atom is -0.288 e. The van der Waals surface area contributed by atoms with E-state index in [1.807, 2.05) is 31.2 Å². The van der Waals surface area contributed by atoms with Crippen molar-refractivity contribution in [2.45, 2.75) is 19.6 Å². The molecule has 0 spiro atoms. The number of rotatable bonds is 4. The molecule has 0 aliphatic heterocycles. The van der Waals surface area contributed by atoms with E-state index in [9.17, 15) is 18.0 Å². The number of carbonyl (C=O) groups is 1. The van der Waals surface area contributed by atoms with Crippen molar-refractivity contribution in [3.8, 4) is 0 Å². The zero-order valence-corrected chi connectivity index (χ0v) is 15.0. The van der Waals surface area contributed by atoms with Gasteiger partial charge in [0.1, 0.15) is 11.3 Å². The van der Waals surface area contributed by atoms with E-state index in [4.69, 9.17) is 11.6 Å². The lowest BCUT2D eigenvalue weighted by Crippen LogP contribution is -2.15. The smallest absolute Gasteiger partial charge is 0.288 e. The van der Waals surface area contributed by atoms with Gasteiger partial charge in [0, 0.05) is 7.05 Å². The van der Waals surface area contributed by atoms with E-state index in [2.05, 4.69) is 20.5 Å². The first-order valence-electron chi connectivity index (χ1n) is 7.72. The van der Waals surface area contributed by atoms with Crippen molar-refractivity contribution < 1.29 is 18.0 Å². The fourth-order valence-corrected chi connectivity index (χ4v) is 2.86. The van der Waals surface area contributed by atoms with Gasteiger partial charge in [-0.1, -0.05) is 35.9 Å². The van der Waals surface area contributed by atoms with Gasteiger partial charge in [-0.05, 0) is 18.1 Å². The zero-order valence-electron chi connectivity index (χ0n) is 14.3. The highest BCUT2D eigenvalue weighted by Crippen LogP contribution is 2.36. The Morgan fingerprint density at radius 1 is 1.26 bits per heavy atom. The van der Waals surface area contributed by atoms with Crippen LogP contribution < -0.4 is 5.32 Å². The average Bonchev–Trinajstić information content (AvgIpc) is 3.12. The number of benzene rings is 1. The molecule has 0 bridgehead atoms. The minimum atomic E-state index is -4.73. The van der Waals surface area contributed by atoms with Crippen LogP contribution in [0.5, 0.6) is 0 Å². The highest BCUT2D eigenvalue weighted by atomic mass is 35.5. The molecule has 7 nitrogen and oxygen atoms in total. The number of nitrogens with zero attached hydrogens (tertiary/aromatic N) is 5. The maximum atomic E-state index is 13.0. The first-order chi connectivity index (χ1) is 12.7. The molecule has 0 saturated heterocycles. The van der Waals surface area contributed by atoms with Gasteiger partial charge < -0.3 is 0 Å². The Morgan fingerprint density at radius 2 is 1.96 bits per heavy atom. The molecule has 0 fully saturated rings. The topological polar surface area (TPSA) is 77.6 Å². The maximum Gasteiger partial charge on any atom is 0.434 e. The fraction of sp³-hybridized carbons (Fsp3) is 0.250. The summed E-state index contributed by atoms with van der Waals surface area (Å²) in [6, 6.07) is 7.69. The van der Waals surface area contributed by atoms with E-state index >= 15 is 0 Å². The first-order valence-corrected chi connectivity index (χ1v) is 8.09. The minimum absolute atomic E-state index is 0.0659. The molecule has 142 valence electrons. The van der Waals surface area contributed by atoms with E-state index in [0.29, 0.717) is 11.2 Å². The molecule has 2 aromatic heterocycles. The zero-order chi connectivity index (χ0) is 19.8. The summed E-state index contributed by atoms with van der Waals surface area (Å²) in [5.74, 6) is -0.997. The molecule has 1 amide bonds. The van der Waals surface area contributed by atoms with Gasteiger partial charge in [-0.15, -0.1) is 5.10 Å². The van der Waals surface area contributed by atoms with E-state index in [0.717, 1.165) is 18.2 Å². The SMILES string of the molecule is Cc1ccccc1Cn1cnc(NC(=O)c2nn(C)c(C(F)(F)F)c2Cl)n1. The Kier molecular flexibility index (Phi) is 4.92. The summed E-state index contributed by atoms with van der Waals surface area (Å²) in [5, 5.41) is 9.17. The monoisotopic (exact) mass is 398 g/mol.